The summed E-state index contributed by atoms with van der Waals surface area (Å²) in [7, 11) is 1.65. The number of aromatic nitrogens is 2. The first-order chi connectivity index (χ1) is 8.69. The molecule has 1 aromatic heterocycles. The van der Waals surface area contributed by atoms with Crippen molar-refractivity contribution in [2.75, 3.05) is 7.11 Å². The number of nitrogens with zero attached hydrogens (tertiary/aromatic N) is 2. The topological polar surface area (TPSA) is 74.2 Å². The van der Waals surface area contributed by atoms with Gasteiger partial charge in [0, 0.05) is 15.6 Å². The zero-order chi connectivity index (χ0) is 13.1. The normalized spacial score (nSPS) is 10.7. The van der Waals surface area contributed by atoms with Crippen molar-refractivity contribution in [3.05, 3.63) is 28.1 Å². The Morgan fingerprint density at radius 3 is 2.78 bits per heavy atom. The van der Waals surface area contributed by atoms with Gasteiger partial charge in [0.15, 0.2) is 0 Å². The summed E-state index contributed by atoms with van der Waals surface area (Å²) in [5.41, 5.74) is 7.39. The van der Waals surface area contributed by atoms with E-state index in [2.05, 4.69) is 33.0 Å². The maximum Gasteiger partial charge on any atom is 0.240 e. The van der Waals surface area contributed by atoms with Crippen molar-refractivity contribution in [3.8, 4) is 17.1 Å². The monoisotopic (exact) mass is 311 g/mol. The number of benzene rings is 1. The summed E-state index contributed by atoms with van der Waals surface area (Å²) in [4.78, 5) is 4.19. The predicted molar refractivity (Wildman–Crippen MR) is 71.3 cm³/mol. The Balaban J connectivity index is 2.48. The van der Waals surface area contributed by atoms with Gasteiger partial charge in [0.1, 0.15) is 5.75 Å². The molecule has 96 valence electrons. The molecule has 2 rings (SSSR count). The lowest BCUT2D eigenvalue weighted by molar-refractivity contribution is 0.380. The van der Waals surface area contributed by atoms with Crippen LogP contribution in [0, 0.1) is 0 Å². The van der Waals surface area contributed by atoms with Crippen molar-refractivity contribution in [3.63, 3.8) is 0 Å². The zero-order valence-electron chi connectivity index (χ0n) is 10.2. The van der Waals surface area contributed by atoms with E-state index < -0.39 is 0 Å². The van der Waals surface area contributed by atoms with E-state index in [1.54, 1.807) is 7.11 Å². The second-order valence-corrected chi connectivity index (χ2v) is 4.56. The highest BCUT2D eigenvalue weighted by Gasteiger charge is 2.13. The molecule has 0 unspecified atom stereocenters. The minimum absolute atomic E-state index is 0.234. The highest BCUT2D eigenvalue weighted by atomic mass is 79.9. The van der Waals surface area contributed by atoms with Gasteiger partial charge in [0.25, 0.3) is 0 Å². The molecule has 0 saturated heterocycles. The average molecular weight is 312 g/mol. The van der Waals surface area contributed by atoms with E-state index >= 15 is 0 Å². The van der Waals surface area contributed by atoms with Crippen molar-refractivity contribution < 1.29 is 9.26 Å². The molecule has 0 amide bonds. The van der Waals surface area contributed by atoms with Gasteiger partial charge in [-0.05, 0) is 18.6 Å². The molecule has 6 heteroatoms. The smallest absolute Gasteiger partial charge is 0.240 e. The Hall–Kier alpha value is -1.40. The molecule has 0 aliphatic carbocycles. The third-order valence-electron chi connectivity index (χ3n) is 2.63. The summed E-state index contributed by atoms with van der Waals surface area (Å²) in [5, 5.41) is 3.89. The van der Waals surface area contributed by atoms with Crippen LogP contribution < -0.4 is 10.5 Å². The molecule has 18 heavy (non-hydrogen) atoms. The summed E-state index contributed by atoms with van der Waals surface area (Å²) in [6.07, 6.45) is 0.879. The number of ether oxygens (including phenoxy) is 1. The second-order valence-electron chi connectivity index (χ2n) is 3.71. The van der Waals surface area contributed by atoms with Crippen LogP contribution in [0.4, 0.5) is 0 Å². The Kier molecular flexibility index (Phi) is 3.98. The molecule has 0 saturated carbocycles. The molecular formula is C12H14BrN3O2. The van der Waals surface area contributed by atoms with Gasteiger partial charge in [-0.15, -0.1) is 0 Å². The van der Waals surface area contributed by atoms with Gasteiger partial charge < -0.3 is 15.0 Å². The molecule has 0 atom stereocenters. The second kappa shape index (κ2) is 5.49. The third kappa shape index (κ3) is 2.39. The number of rotatable bonds is 4. The van der Waals surface area contributed by atoms with Gasteiger partial charge in [0.05, 0.1) is 13.7 Å². The van der Waals surface area contributed by atoms with Crippen molar-refractivity contribution >= 4 is 15.9 Å². The quantitative estimate of drug-likeness (QED) is 0.939. The van der Waals surface area contributed by atoms with Crippen molar-refractivity contribution in [2.45, 2.75) is 19.9 Å². The maximum atomic E-state index is 5.44. The highest BCUT2D eigenvalue weighted by molar-refractivity contribution is 9.10. The SMILES string of the molecule is CCc1c(Br)cc(-c2noc(CN)n2)cc1OC. The van der Waals surface area contributed by atoms with Crippen molar-refractivity contribution in [2.24, 2.45) is 5.73 Å². The minimum Gasteiger partial charge on any atom is -0.496 e. The summed E-state index contributed by atoms with van der Waals surface area (Å²) in [6, 6.07) is 3.85. The molecule has 2 N–H and O–H groups in total. The van der Waals surface area contributed by atoms with Crippen LogP contribution in [0.15, 0.2) is 21.1 Å². The number of halogens is 1. The van der Waals surface area contributed by atoms with Crippen LogP contribution in [-0.2, 0) is 13.0 Å². The van der Waals surface area contributed by atoms with E-state index in [-0.39, 0.29) is 6.54 Å². The van der Waals surface area contributed by atoms with Gasteiger partial charge in [-0.1, -0.05) is 28.0 Å². The lowest BCUT2D eigenvalue weighted by Crippen LogP contribution is -1.96. The molecule has 1 heterocycles. The first kappa shape index (κ1) is 13.0. The standard InChI is InChI=1S/C12H14BrN3O2/c1-3-8-9(13)4-7(5-10(8)17-2)12-15-11(6-14)18-16-12/h4-5H,3,6,14H2,1-2H3. The van der Waals surface area contributed by atoms with Crippen LogP contribution in [0.25, 0.3) is 11.4 Å². The molecule has 0 aliphatic heterocycles. The summed E-state index contributed by atoms with van der Waals surface area (Å²) < 4.78 is 11.3. The molecule has 5 nitrogen and oxygen atoms in total. The van der Waals surface area contributed by atoms with Gasteiger partial charge in [-0.3, -0.25) is 0 Å². The van der Waals surface area contributed by atoms with Crippen LogP contribution in [-0.4, -0.2) is 17.3 Å². The third-order valence-corrected chi connectivity index (χ3v) is 3.34. The molecule has 0 spiro atoms. The van der Waals surface area contributed by atoms with Crippen molar-refractivity contribution in [1.29, 1.82) is 0 Å². The number of hydrogen-bond donors (Lipinski definition) is 1. The van der Waals surface area contributed by atoms with E-state index in [4.69, 9.17) is 15.0 Å². The largest absolute Gasteiger partial charge is 0.496 e. The van der Waals surface area contributed by atoms with E-state index in [9.17, 15) is 0 Å². The number of methoxy groups -OCH3 is 1. The van der Waals surface area contributed by atoms with Crippen LogP contribution in [0.2, 0.25) is 0 Å². The van der Waals surface area contributed by atoms with Crippen LogP contribution in [0.5, 0.6) is 5.75 Å². The van der Waals surface area contributed by atoms with E-state index in [1.165, 1.54) is 0 Å². The molecule has 0 fully saturated rings. The molecule has 2 aromatic rings. The average Bonchev–Trinajstić information content (AvgIpc) is 2.86. The van der Waals surface area contributed by atoms with Gasteiger partial charge in [-0.25, -0.2) is 0 Å². The predicted octanol–water partition coefficient (Wildman–Crippen LogP) is 2.53. The first-order valence-corrected chi connectivity index (χ1v) is 6.38. The van der Waals surface area contributed by atoms with Crippen LogP contribution in [0.3, 0.4) is 0 Å². The lowest BCUT2D eigenvalue weighted by Gasteiger charge is -2.10. The molecule has 0 radical (unpaired) electrons. The first-order valence-electron chi connectivity index (χ1n) is 5.59. The molecule has 0 aliphatic rings. The van der Waals surface area contributed by atoms with Crippen LogP contribution in [0.1, 0.15) is 18.4 Å². The van der Waals surface area contributed by atoms with Gasteiger partial charge in [0.2, 0.25) is 11.7 Å². The fourth-order valence-electron chi connectivity index (χ4n) is 1.72. The Morgan fingerprint density at radius 1 is 1.44 bits per heavy atom. The summed E-state index contributed by atoms with van der Waals surface area (Å²) >= 11 is 3.53. The summed E-state index contributed by atoms with van der Waals surface area (Å²) in [6.45, 7) is 2.31. The van der Waals surface area contributed by atoms with E-state index in [0.717, 1.165) is 27.8 Å². The Bertz CT molecular complexity index is 554. The van der Waals surface area contributed by atoms with Gasteiger partial charge >= 0.3 is 0 Å². The fraction of sp³-hybridized carbons (Fsp3) is 0.333. The fourth-order valence-corrected chi connectivity index (χ4v) is 2.44. The lowest BCUT2D eigenvalue weighted by atomic mass is 10.1. The van der Waals surface area contributed by atoms with E-state index in [0.29, 0.717) is 11.7 Å². The molecule has 1 aromatic carbocycles. The Morgan fingerprint density at radius 2 is 2.22 bits per heavy atom. The van der Waals surface area contributed by atoms with Crippen molar-refractivity contribution in [1.82, 2.24) is 10.1 Å². The molecular weight excluding hydrogens is 298 g/mol. The zero-order valence-corrected chi connectivity index (χ0v) is 11.8. The van der Waals surface area contributed by atoms with E-state index in [1.807, 2.05) is 12.1 Å². The van der Waals surface area contributed by atoms with Crippen LogP contribution >= 0.6 is 15.9 Å². The number of nitrogens with two attached hydrogens (primary N) is 1. The minimum atomic E-state index is 0.234. The highest BCUT2D eigenvalue weighted by Crippen LogP contribution is 2.32. The Labute approximate surface area is 113 Å². The maximum absolute atomic E-state index is 5.44. The molecule has 0 bridgehead atoms. The summed E-state index contributed by atoms with van der Waals surface area (Å²) in [5.74, 6) is 1.73. The number of hydrogen-bond acceptors (Lipinski definition) is 5. The van der Waals surface area contributed by atoms with Gasteiger partial charge in [-0.2, -0.15) is 4.98 Å².